The Labute approximate surface area is 41.5 Å². The zero-order valence-electron chi connectivity index (χ0n) is 3.74. The maximum atomic E-state index is 4.41. The molecule has 3 nitrogen and oxygen atoms in total. The molecule has 0 aliphatic heterocycles. The Morgan fingerprint density at radius 1 is 1.71 bits per heavy atom. The fourth-order valence-corrected chi connectivity index (χ4v) is 0.331. The molecule has 0 N–H and O–H groups in total. The standard InChI is InChI=1S/C4H5N2O/c1-7-6-4-2-3-5-6/h2-4H,1H2. The summed E-state index contributed by atoms with van der Waals surface area (Å²) in [5.74, 6) is 0. The lowest BCUT2D eigenvalue weighted by Crippen LogP contribution is -2.01. The van der Waals surface area contributed by atoms with Gasteiger partial charge in [-0.1, -0.05) is 0 Å². The van der Waals surface area contributed by atoms with Crippen LogP contribution >= 0.6 is 0 Å². The van der Waals surface area contributed by atoms with Crippen LogP contribution in [-0.4, -0.2) is 9.94 Å². The fraction of sp³-hybridized carbons (Fsp3) is 0. The minimum atomic E-state index is 1.26. The number of hydrogen-bond donors (Lipinski definition) is 0. The van der Waals surface area contributed by atoms with Gasteiger partial charge in [0.25, 0.3) is 0 Å². The summed E-state index contributed by atoms with van der Waals surface area (Å²) in [6.45, 7) is 0. The first-order valence-electron chi connectivity index (χ1n) is 1.85. The first kappa shape index (κ1) is 4.18. The van der Waals surface area contributed by atoms with Gasteiger partial charge < -0.3 is 4.84 Å². The van der Waals surface area contributed by atoms with Crippen LogP contribution in [0.3, 0.4) is 0 Å². The second-order valence-electron chi connectivity index (χ2n) is 1.04. The van der Waals surface area contributed by atoms with Crippen molar-refractivity contribution in [2.24, 2.45) is 0 Å². The second kappa shape index (κ2) is 1.64. The lowest BCUT2D eigenvalue weighted by atomic mass is 10.8. The van der Waals surface area contributed by atoms with Crippen molar-refractivity contribution in [3.8, 4) is 0 Å². The molecule has 0 saturated carbocycles. The molecule has 1 aromatic heterocycles. The van der Waals surface area contributed by atoms with Crippen LogP contribution in [-0.2, 0) is 0 Å². The Morgan fingerprint density at radius 2 is 2.57 bits per heavy atom. The Hall–Kier alpha value is -0.990. The van der Waals surface area contributed by atoms with E-state index >= 15 is 0 Å². The highest BCUT2D eigenvalue weighted by Crippen LogP contribution is 1.75. The molecule has 37 valence electrons. The van der Waals surface area contributed by atoms with Crippen molar-refractivity contribution in [2.75, 3.05) is 0 Å². The molecule has 0 atom stereocenters. The predicted octanol–water partition coefficient (Wildman–Crippen LogP) is 0.103. The third-order valence-corrected chi connectivity index (χ3v) is 0.612. The number of aromatic nitrogens is 2. The van der Waals surface area contributed by atoms with Crippen molar-refractivity contribution in [1.29, 1.82) is 0 Å². The Bertz CT molecular complexity index is 124. The van der Waals surface area contributed by atoms with Gasteiger partial charge in [0.15, 0.2) is 7.11 Å². The highest BCUT2D eigenvalue weighted by molar-refractivity contribution is 4.74. The zero-order chi connectivity index (χ0) is 5.11. The van der Waals surface area contributed by atoms with Crippen LogP contribution in [0.4, 0.5) is 0 Å². The Morgan fingerprint density at radius 3 is 2.86 bits per heavy atom. The predicted molar refractivity (Wildman–Crippen MR) is 24.2 cm³/mol. The molecule has 0 aliphatic rings. The van der Waals surface area contributed by atoms with Crippen molar-refractivity contribution in [1.82, 2.24) is 9.94 Å². The van der Waals surface area contributed by atoms with Crippen LogP contribution in [0.15, 0.2) is 18.5 Å². The second-order valence-corrected chi connectivity index (χ2v) is 1.04. The number of rotatable bonds is 1. The quantitative estimate of drug-likeness (QED) is 0.497. The van der Waals surface area contributed by atoms with Crippen LogP contribution in [0, 0.1) is 7.11 Å². The maximum absolute atomic E-state index is 4.41. The molecule has 0 saturated heterocycles. The molecule has 0 unspecified atom stereocenters. The molecular formula is C4H5N2O. The first-order valence-corrected chi connectivity index (χ1v) is 1.85. The van der Waals surface area contributed by atoms with Crippen molar-refractivity contribution in [2.45, 2.75) is 0 Å². The van der Waals surface area contributed by atoms with Crippen LogP contribution in [0.5, 0.6) is 0 Å². The minimum Gasteiger partial charge on any atom is -0.393 e. The Kier molecular flexibility index (Phi) is 0.978. The highest BCUT2D eigenvalue weighted by atomic mass is 16.7. The molecule has 0 aliphatic carbocycles. The molecule has 0 aromatic carbocycles. The number of nitrogens with zero attached hydrogens (tertiary/aromatic N) is 2. The summed E-state index contributed by atoms with van der Waals surface area (Å²) in [4.78, 5) is 5.67. The summed E-state index contributed by atoms with van der Waals surface area (Å²) in [7, 11) is 3.13. The molecule has 0 fully saturated rings. The van der Waals surface area contributed by atoms with Crippen molar-refractivity contribution in [3.63, 3.8) is 0 Å². The SMILES string of the molecule is [CH2]On1cccn1. The van der Waals surface area contributed by atoms with Gasteiger partial charge in [-0.3, -0.25) is 0 Å². The van der Waals surface area contributed by atoms with Crippen molar-refractivity contribution >= 4 is 0 Å². The molecule has 0 bridgehead atoms. The monoisotopic (exact) mass is 97.0 g/mol. The van der Waals surface area contributed by atoms with Gasteiger partial charge in [-0.25, -0.2) is 0 Å². The normalized spacial score (nSPS) is 8.71. The first-order chi connectivity index (χ1) is 3.43. The molecule has 1 radical (unpaired) electrons. The molecule has 1 rings (SSSR count). The largest absolute Gasteiger partial charge is 0.393 e. The van der Waals surface area contributed by atoms with Gasteiger partial charge in [0, 0.05) is 0 Å². The minimum absolute atomic E-state index is 1.26. The molecule has 3 heteroatoms. The van der Waals surface area contributed by atoms with E-state index in [9.17, 15) is 0 Å². The van der Waals surface area contributed by atoms with E-state index in [0.29, 0.717) is 0 Å². The molecule has 1 heterocycles. The number of hydrogen-bond acceptors (Lipinski definition) is 2. The summed E-state index contributed by atoms with van der Waals surface area (Å²) >= 11 is 0. The molecular weight excluding hydrogens is 92.1 g/mol. The average Bonchev–Trinajstić information content (AvgIpc) is 2.14. The van der Waals surface area contributed by atoms with E-state index in [4.69, 9.17) is 0 Å². The van der Waals surface area contributed by atoms with E-state index in [0.717, 1.165) is 0 Å². The topological polar surface area (TPSA) is 27.1 Å². The smallest absolute Gasteiger partial charge is 0.153 e. The van der Waals surface area contributed by atoms with Crippen LogP contribution < -0.4 is 4.84 Å². The third kappa shape index (κ3) is 0.707. The maximum Gasteiger partial charge on any atom is 0.153 e. The van der Waals surface area contributed by atoms with Gasteiger partial charge in [0.05, 0.1) is 12.4 Å². The van der Waals surface area contributed by atoms with E-state index in [-0.39, 0.29) is 0 Å². The van der Waals surface area contributed by atoms with Gasteiger partial charge in [0.1, 0.15) is 0 Å². The summed E-state index contributed by atoms with van der Waals surface area (Å²) in [5.41, 5.74) is 0. The van der Waals surface area contributed by atoms with E-state index < -0.39 is 0 Å². The lowest BCUT2D eigenvalue weighted by Gasteiger charge is -1.91. The fourth-order valence-electron chi connectivity index (χ4n) is 0.331. The zero-order valence-corrected chi connectivity index (χ0v) is 3.74. The summed E-state index contributed by atoms with van der Waals surface area (Å²) in [5, 5.41) is 3.67. The van der Waals surface area contributed by atoms with Crippen LogP contribution in [0.25, 0.3) is 0 Å². The highest BCUT2D eigenvalue weighted by Gasteiger charge is 1.77. The van der Waals surface area contributed by atoms with Gasteiger partial charge in [0.2, 0.25) is 0 Å². The van der Waals surface area contributed by atoms with E-state index in [1.165, 1.54) is 4.85 Å². The summed E-state index contributed by atoms with van der Waals surface area (Å²) < 4.78 is 0. The summed E-state index contributed by atoms with van der Waals surface area (Å²) in [6, 6.07) is 1.76. The van der Waals surface area contributed by atoms with Crippen molar-refractivity contribution < 1.29 is 4.84 Å². The van der Waals surface area contributed by atoms with Gasteiger partial charge >= 0.3 is 0 Å². The molecule has 7 heavy (non-hydrogen) atoms. The van der Waals surface area contributed by atoms with Crippen LogP contribution in [0.2, 0.25) is 0 Å². The van der Waals surface area contributed by atoms with Crippen LogP contribution in [0.1, 0.15) is 0 Å². The summed E-state index contributed by atoms with van der Waals surface area (Å²) in [6.07, 6.45) is 3.28. The van der Waals surface area contributed by atoms with E-state index in [1.54, 1.807) is 18.5 Å². The average molecular weight is 97.1 g/mol. The van der Waals surface area contributed by atoms with Crippen molar-refractivity contribution in [3.05, 3.63) is 25.6 Å². The molecule has 1 aromatic rings. The molecule has 0 amide bonds. The van der Waals surface area contributed by atoms with E-state index in [2.05, 4.69) is 17.0 Å². The third-order valence-electron chi connectivity index (χ3n) is 0.612. The lowest BCUT2D eigenvalue weighted by molar-refractivity contribution is 0.169. The van der Waals surface area contributed by atoms with E-state index in [1.807, 2.05) is 0 Å². The van der Waals surface area contributed by atoms with Gasteiger partial charge in [-0.05, 0) is 6.07 Å². The molecule has 0 spiro atoms. The Balaban J connectivity index is 2.76. The van der Waals surface area contributed by atoms with Gasteiger partial charge in [-0.2, -0.15) is 0 Å². The van der Waals surface area contributed by atoms with Gasteiger partial charge in [-0.15, -0.1) is 9.94 Å².